The minimum atomic E-state index is -0.600. The van der Waals surface area contributed by atoms with E-state index >= 15 is 0 Å². The van der Waals surface area contributed by atoms with Gasteiger partial charge in [0.15, 0.2) is 6.61 Å². The van der Waals surface area contributed by atoms with Gasteiger partial charge in [0.25, 0.3) is 5.91 Å². The van der Waals surface area contributed by atoms with Crippen molar-refractivity contribution in [1.82, 2.24) is 10.2 Å². The average molecular weight is 433 g/mol. The molecule has 3 rings (SSSR count). The van der Waals surface area contributed by atoms with E-state index in [0.717, 1.165) is 34.7 Å². The summed E-state index contributed by atoms with van der Waals surface area (Å²) in [5.41, 5.74) is 2.12. The molecule has 0 aromatic heterocycles. The number of amides is 2. The van der Waals surface area contributed by atoms with Crippen molar-refractivity contribution in [3.8, 4) is 5.75 Å². The van der Waals surface area contributed by atoms with Gasteiger partial charge in [0.2, 0.25) is 5.91 Å². The highest BCUT2D eigenvalue weighted by molar-refractivity contribution is 5.90. The number of nitrogens with zero attached hydrogens (tertiary/aromatic N) is 1. The number of unbranched alkanes of at least 4 members (excludes halogenated alkanes) is 1. The first kappa shape index (κ1) is 23.3. The number of benzene rings is 3. The van der Waals surface area contributed by atoms with Crippen LogP contribution in [0.4, 0.5) is 0 Å². The second-order valence-corrected chi connectivity index (χ2v) is 8.09. The summed E-state index contributed by atoms with van der Waals surface area (Å²) in [6.45, 7) is 6.69. The molecule has 0 fully saturated rings. The summed E-state index contributed by atoms with van der Waals surface area (Å²) in [7, 11) is 0. The second kappa shape index (κ2) is 11.3. The number of hydrogen-bond acceptors (Lipinski definition) is 3. The fourth-order valence-corrected chi connectivity index (χ4v) is 3.55. The van der Waals surface area contributed by atoms with Crippen molar-refractivity contribution >= 4 is 22.6 Å². The maximum atomic E-state index is 13.2. The summed E-state index contributed by atoms with van der Waals surface area (Å²) >= 11 is 0. The van der Waals surface area contributed by atoms with E-state index in [-0.39, 0.29) is 18.4 Å². The summed E-state index contributed by atoms with van der Waals surface area (Å²) in [4.78, 5) is 27.5. The fourth-order valence-electron chi connectivity index (χ4n) is 3.55. The molecule has 0 saturated carbocycles. The highest BCUT2D eigenvalue weighted by Gasteiger charge is 2.26. The van der Waals surface area contributed by atoms with Crippen LogP contribution in [-0.2, 0) is 16.1 Å². The number of rotatable bonds is 10. The predicted octanol–water partition coefficient (Wildman–Crippen LogP) is 4.86. The van der Waals surface area contributed by atoms with E-state index in [1.165, 1.54) is 0 Å². The summed E-state index contributed by atoms with van der Waals surface area (Å²) in [5.74, 6) is 0.285. The quantitative estimate of drug-likeness (QED) is 0.466. The van der Waals surface area contributed by atoms with Gasteiger partial charge in [-0.3, -0.25) is 9.59 Å². The van der Waals surface area contributed by atoms with Crippen molar-refractivity contribution in [2.45, 2.75) is 46.2 Å². The van der Waals surface area contributed by atoms with Crippen LogP contribution < -0.4 is 10.1 Å². The minimum Gasteiger partial charge on any atom is -0.483 e. The van der Waals surface area contributed by atoms with E-state index in [1.54, 1.807) is 11.8 Å². The van der Waals surface area contributed by atoms with E-state index < -0.39 is 6.04 Å². The third-order valence-corrected chi connectivity index (χ3v) is 5.57. The molecule has 32 heavy (non-hydrogen) atoms. The average Bonchev–Trinajstić information content (AvgIpc) is 2.81. The topological polar surface area (TPSA) is 58.6 Å². The maximum absolute atomic E-state index is 13.2. The van der Waals surface area contributed by atoms with Gasteiger partial charge in [-0.05, 0) is 37.3 Å². The molecule has 0 unspecified atom stereocenters. The SMILES string of the molecule is CCCCNC(=O)[C@@H](C)N(Cc1ccc(C)cc1)C(=O)COc1cccc2ccccc12. The van der Waals surface area contributed by atoms with Crippen LogP contribution in [0.25, 0.3) is 10.8 Å². The molecular formula is C27H32N2O3. The zero-order valence-electron chi connectivity index (χ0n) is 19.1. The van der Waals surface area contributed by atoms with Crippen LogP contribution in [0.1, 0.15) is 37.8 Å². The Balaban J connectivity index is 1.75. The van der Waals surface area contributed by atoms with E-state index in [2.05, 4.69) is 12.2 Å². The molecular weight excluding hydrogens is 400 g/mol. The molecule has 3 aromatic rings. The van der Waals surface area contributed by atoms with Crippen LogP contribution in [0.15, 0.2) is 66.7 Å². The van der Waals surface area contributed by atoms with Crippen molar-refractivity contribution in [2.24, 2.45) is 0 Å². The lowest BCUT2D eigenvalue weighted by Crippen LogP contribution is -2.49. The molecule has 5 heteroatoms. The van der Waals surface area contributed by atoms with Crippen molar-refractivity contribution < 1.29 is 14.3 Å². The van der Waals surface area contributed by atoms with Crippen molar-refractivity contribution in [3.05, 3.63) is 77.9 Å². The van der Waals surface area contributed by atoms with Gasteiger partial charge in [-0.25, -0.2) is 0 Å². The minimum absolute atomic E-state index is 0.132. The van der Waals surface area contributed by atoms with Crippen LogP contribution in [0.2, 0.25) is 0 Å². The lowest BCUT2D eigenvalue weighted by atomic mass is 10.1. The number of carbonyl (C=O) groups excluding carboxylic acids is 2. The van der Waals surface area contributed by atoms with Crippen molar-refractivity contribution in [3.63, 3.8) is 0 Å². The van der Waals surface area contributed by atoms with Gasteiger partial charge in [0, 0.05) is 18.5 Å². The monoisotopic (exact) mass is 432 g/mol. The number of hydrogen-bond donors (Lipinski definition) is 1. The largest absolute Gasteiger partial charge is 0.483 e. The summed E-state index contributed by atoms with van der Waals surface area (Å²) in [6, 6.07) is 21.1. The number of nitrogens with one attached hydrogen (secondary N) is 1. The Morgan fingerprint density at radius 3 is 2.47 bits per heavy atom. The summed E-state index contributed by atoms with van der Waals surface area (Å²) in [5, 5.41) is 4.95. The Kier molecular flexibility index (Phi) is 8.26. The highest BCUT2D eigenvalue weighted by atomic mass is 16.5. The van der Waals surface area contributed by atoms with Gasteiger partial charge in [0.1, 0.15) is 11.8 Å². The van der Waals surface area contributed by atoms with Crippen LogP contribution >= 0.6 is 0 Å². The van der Waals surface area contributed by atoms with Crippen LogP contribution in [0.3, 0.4) is 0 Å². The van der Waals surface area contributed by atoms with Gasteiger partial charge in [-0.1, -0.05) is 79.6 Å². The lowest BCUT2D eigenvalue weighted by molar-refractivity contribution is -0.142. The standard InChI is InChI=1S/C27H32N2O3/c1-4-5-17-28-27(31)21(3)29(18-22-15-13-20(2)14-16-22)26(30)19-32-25-12-8-10-23-9-6-7-11-24(23)25/h6-16,21H,4-5,17-19H2,1-3H3,(H,28,31)/t21-/m1/s1. The molecule has 0 spiro atoms. The maximum Gasteiger partial charge on any atom is 0.261 e. The molecule has 2 amide bonds. The number of carbonyl (C=O) groups is 2. The van der Waals surface area contributed by atoms with Gasteiger partial charge in [-0.2, -0.15) is 0 Å². The molecule has 3 aromatic carbocycles. The van der Waals surface area contributed by atoms with Crippen LogP contribution in [-0.4, -0.2) is 35.9 Å². The molecule has 0 bridgehead atoms. The van der Waals surface area contributed by atoms with Crippen molar-refractivity contribution in [1.29, 1.82) is 0 Å². The first-order chi connectivity index (χ1) is 15.5. The molecule has 1 N–H and O–H groups in total. The molecule has 0 heterocycles. The van der Waals surface area contributed by atoms with E-state index in [1.807, 2.05) is 73.7 Å². The lowest BCUT2D eigenvalue weighted by Gasteiger charge is -2.29. The zero-order chi connectivity index (χ0) is 22.9. The second-order valence-electron chi connectivity index (χ2n) is 8.09. The Labute approximate surface area is 190 Å². The third kappa shape index (κ3) is 6.10. The Morgan fingerprint density at radius 1 is 1.00 bits per heavy atom. The molecule has 0 aliphatic heterocycles. The van der Waals surface area contributed by atoms with Gasteiger partial charge < -0.3 is 15.0 Å². The molecule has 0 radical (unpaired) electrons. The van der Waals surface area contributed by atoms with Crippen LogP contribution in [0.5, 0.6) is 5.75 Å². The fraction of sp³-hybridized carbons (Fsp3) is 0.333. The number of ether oxygens (including phenoxy) is 1. The third-order valence-electron chi connectivity index (χ3n) is 5.57. The Bertz CT molecular complexity index is 1040. The molecule has 5 nitrogen and oxygen atoms in total. The van der Waals surface area contributed by atoms with Crippen LogP contribution in [0, 0.1) is 6.92 Å². The predicted molar refractivity (Wildman–Crippen MR) is 129 cm³/mol. The van der Waals surface area contributed by atoms with Gasteiger partial charge in [-0.15, -0.1) is 0 Å². The summed E-state index contributed by atoms with van der Waals surface area (Å²) < 4.78 is 5.92. The molecule has 0 saturated heterocycles. The molecule has 0 aliphatic carbocycles. The van der Waals surface area contributed by atoms with Gasteiger partial charge in [0.05, 0.1) is 0 Å². The number of aryl methyl sites for hydroxylation is 1. The van der Waals surface area contributed by atoms with E-state index in [0.29, 0.717) is 18.8 Å². The first-order valence-corrected chi connectivity index (χ1v) is 11.2. The zero-order valence-corrected chi connectivity index (χ0v) is 19.1. The van der Waals surface area contributed by atoms with E-state index in [9.17, 15) is 9.59 Å². The van der Waals surface area contributed by atoms with Gasteiger partial charge >= 0.3 is 0 Å². The molecule has 0 aliphatic rings. The smallest absolute Gasteiger partial charge is 0.261 e. The molecule has 1 atom stereocenters. The summed E-state index contributed by atoms with van der Waals surface area (Å²) in [6.07, 6.45) is 1.91. The normalized spacial score (nSPS) is 11.7. The molecule has 168 valence electrons. The van der Waals surface area contributed by atoms with E-state index in [4.69, 9.17) is 4.74 Å². The Hall–Kier alpha value is -3.34. The number of fused-ring (bicyclic) bond motifs is 1. The Morgan fingerprint density at radius 2 is 1.72 bits per heavy atom. The highest BCUT2D eigenvalue weighted by Crippen LogP contribution is 2.25. The van der Waals surface area contributed by atoms with Crippen molar-refractivity contribution in [2.75, 3.05) is 13.2 Å². The first-order valence-electron chi connectivity index (χ1n) is 11.2.